The molecule has 0 amide bonds. The SMILES string of the molecule is CCCC1(CNCCc2ccccc2)CC1. The molecule has 1 fully saturated rings. The Bertz CT molecular complexity index is 300. The highest BCUT2D eigenvalue weighted by Crippen LogP contribution is 2.48. The van der Waals surface area contributed by atoms with Gasteiger partial charge in [-0.15, -0.1) is 0 Å². The van der Waals surface area contributed by atoms with Gasteiger partial charge in [0.15, 0.2) is 0 Å². The quantitative estimate of drug-likeness (QED) is 0.690. The van der Waals surface area contributed by atoms with Gasteiger partial charge in [0.05, 0.1) is 0 Å². The molecule has 1 aliphatic carbocycles. The third-order valence-electron chi connectivity index (χ3n) is 3.67. The average Bonchev–Trinajstić information content (AvgIpc) is 3.07. The fraction of sp³-hybridized carbons (Fsp3) is 0.600. The molecular weight excluding hydrogens is 194 g/mol. The largest absolute Gasteiger partial charge is 0.316 e. The van der Waals surface area contributed by atoms with Gasteiger partial charge in [0.25, 0.3) is 0 Å². The van der Waals surface area contributed by atoms with Crippen LogP contribution in [0.1, 0.15) is 38.2 Å². The Morgan fingerprint density at radius 1 is 1.19 bits per heavy atom. The van der Waals surface area contributed by atoms with E-state index in [0.717, 1.165) is 13.0 Å². The third kappa shape index (κ3) is 3.34. The topological polar surface area (TPSA) is 12.0 Å². The average molecular weight is 217 g/mol. The smallest absolute Gasteiger partial charge is 0.000794 e. The van der Waals surface area contributed by atoms with Crippen LogP contribution in [0, 0.1) is 5.41 Å². The van der Waals surface area contributed by atoms with Gasteiger partial charge in [0, 0.05) is 6.54 Å². The Hall–Kier alpha value is -0.820. The van der Waals surface area contributed by atoms with Crippen LogP contribution < -0.4 is 5.32 Å². The maximum Gasteiger partial charge on any atom is 0.000794 e. The minimum Gasteiger partial charge on any atom is -0.316 e. The lowest BCUT2D eigenvalue weighted by Crippen LogP contribution is -2.25. The lowest BCUT2D eigenvalue weighted by atomic mass is 10.0. The molecule has 0 spiro atoms. The Morgan fingerprint density at radius 2 is 1.94 bits per heavy atom. The molecule has 1 aromatic carbocycles. The van der Waals surface area contributed by atoms with Crippen molar-refractivity contribution in [2.24, 2.45) is 5.41 Å². The van der Waals surface area contributed by atoms with Gasteiger partial charge in [-0.3, -0.25) is 0 Å². The highest BCUT2D eigenvalue weighted by Gasteiger charge is 2.40. The summed E-state index contributed by atoms with van der Waals surface area (Å²) in [6.45, 7) is 4.65. The second-order valence-electron chi connectivity index (χ2n) is 5.16. The van der Waals surface area contributed by atoms with E-state index >= 15 is 0 Å². The van der Waals surface area contributed by atoms with E-state index in [9.17, 15) is 0 Å². The summed E-state index contributed by atoms with van der Waals surface area (Å²) in [6, 6.07) is 10.7. The van der Waals surface area contributed by atoms with Crippen LogP contribution >= 0.6 is 0 Å². The van der Waals surface area contributed by atoms with E-state index in [-0.39, 0.29) is 0 Å². The molecule has 16 heavy (non-hydrogen) atoms. The second kappa shape index (κ2) is 5.49. The van der Waals surface area contributed by atoms with Gasteiger partial charge >= 0.3 is 0 Å². The minimum absolute atomic E-state index is 0.686. The zero-order valence-corrected chi connectivity index (χ0v) is 10.3. The van der Waals surface area contributed by atoms with E-state index in [1.807, 2.05) is 0 Å². The summed E-state index contributed by atoms with van der Waals surface area (Å²) in [4.78, 5) is 0. The number of nitrogens with one attached hydrogen (secondary N) is 1. The van der Waals surface area contributed by atoms with E-state index in [0.29, 0.717) is 5.41 Å². The van der Waals surface area contributed by atoms with Crippen molar-refractivity contribution >= 4 is 0 Å². The molecular formula is C15H23N. The Labute approximate surface area is 99.3 Å². The highest BCUT2D eigenvalue weighted by atomic mass is 14.9. The molecule has 1 nitrogen and oxygen atoms in total. The molecule has 0 radical (unpaired) electrons. The summed E-state index contributed by atoms with van der Waals surface area (Å²) in [5, 5.41) is 3.62. The van der Waals surface area contributed by atoms with Gasteiger partial charge in [0.2, 0.25) is 0 Å². The highest BCUT2D eigenvalue weighted by molar-refractivity contribution is 5.14. The van der Waals surface area contributed by atoms with Crippen molar-refractivity contribution < 1.29 is 0 Å². The molecule has 1 aliphatic rings. The van der Waals surface area contributed by atoms with E-state index in [1.54, 1.807) is 0 Å². The standard InChI is InChI=1S/C15H23N/c1-2-9-15(10-11-15)13-16-12-8-14-6-4-3-5-7-14/h3-7,16H,2,8-13H2,1H3. The summed E-state index contributed by atoms with van der Waals surface area (Å²) in [5.41, 5.74) is 2.13. The van der Waals surface area contributed by atoms with E-state index in [2.05, 4.69) is 42.6 Å². The lowest BCUT2D eigenvalue weighted by molar-refractivity contribution is 0.423. The first-order chi connectivity index (χ1) is 7.85. The number of rotatable bonds is 7. The van der Waals surface area contributed by atoms with Crippen molar-refractivity contribution in [2.45, 2.75) is 39.0 Å². The van der Waals surface area contributed by atoms with Crippen molar-refractivity contribution in [1.29, 1.82) is 0 Å². The van der Waals surface area contributed by atoms with E-state index in [1.165, 1.54) is 37.8 Å². The third-order valence-corrected chi connectivity index (χ3v) is 3.67. The first-order valence-electron chi connectivity index (χ1n) is 6.59. The fourth-order valence-electron chi connectivity index (χ4n) is 2.45. The molecule has 0 atom stereocenters. The van der Waals surface area contributed by atoms with Crippen LogP contribution in [0.25, 0.3) is 0 Å². The molecule has 0 aliphatic heterocycles. The molecule has 1 saturated carbocycles. The van der Waals surface area contributed by atoms with E-state index in [4.69, 9.17) is 0 Å². The van der Waals surface area contributed by atoms with Gasteiger partial charge in [-0.05, 0) is 43.2 Å². The van der Waals surface area contributed by atoms with Crippen molar-refractivity contribution in [2.75, 3.05) is 13.1 Å². The van der Waals surface area contributed by atoms with Crippen LogP contribution in [-0.2, 0) is 6.42 Å². The molecule has 1 heteroatoms. The van der Waals surface area contributed by atoms with Crippen LogP contribution in [0.15, 0.2) is 30.3 Å². The predicted octanol–water partition coefficient (Wildman–Crippen LogP) is 3.40. The molecule has 0 aromatic heterocycles. The van der Waals surface area contributed by atoms with Crippen molar-refractivity contribution in [3.05, 3.63) is 35.9 Å². The van der Waals surface area contributed by atoms with Gasteiger partial charge in [-0.25, -0.2) is 0 Å². The number of hydrogen-bond donors (Lipinski definition) is 1. The first kappa shape index (κ1) is 11.7. The maximum absolute atomic E-state index is 3.62. The molecule has 1 N–H and O–H groups in total. The molecule has 0 unspecified atom stereocenters. The predicted molar refractivity (Wildman–Crippen MR) is 69.6 cm³/mol. The molecule has 88 valence electrons. The van der Waals surface area contributed by atoms with E-state index < -0.39 is 0 Å². The zero-order chi connectivity index (χ0) is 11.3. The first-order valence-corrected chi connectivity index (χ1v) is 6.59. The lowest BCUT2D eigenvalue weighted by Gasteiger charge is -2.14. The Balaban J connectivity index is 1.62. The van der Waals surface area contributed by atoms with Gasteiger partial charge < -0.3 is 5.32 Å². The summed E-state index contributed by atoms with van der Waals surface area (Å²) >= 11 is 0. The summed E-state index contributed by atoms with van der Waals surface area (Å²) in [6.07, 6.45) is 6.78. The molecule has 0 heterocycles. The summed E-state index contributed by atoms with van der Waals surface area (Å²) in [5.74, 6) is 0. The molecule has 1 aromatic rings. The van der Waals surface area contributed by atoms with Crippen LogP contribution in [0.3, 0.4) is 0 Å². The zero-order valence-electron chi connectivity index (χ0n) is 10.3. The minimum atomic E-state index is 0.686. The van der Waals surface area contributed by atoms with Crippen LogP contribution in [0.5, 0.6) is 0 Å². The number of benzene rings is 1. The summed E-state index contributed by atoms with van der Waals surface area (Å²) < 4.78 is 0. The van der Waals surface area contributed by atoms with Gasteiger partial charge in [-0.1, -0.05) is 43.7 Å². The molecule has 0 saturated heterocycles. The van der Waals surface area contributed by atoms with Crippen molar-refractivity contribution in [3.63, 3.8) is 0 Å². The fourth-order valence-corrected chi connectivity index (χ4v) is 2.45. The van der Waals surface area contributed by atoms with Gasteiger partial charge in [0.1, 0.15) is 0 Å². The van der Waals surface area contributed by atoms with Crippen LogP contribution in [-0.4, -0.2) is 13.1 Å². The monoisotopic (exact) mass is 217 g/mol. The van der Waals surface area contributed by atoms with Crippen LogP contribution in [0.4, 0.5) is 0 Å². The Morgan fingerprint density at radius 3 is 2.56 bits per heavy atom. The molecule has 2 rings (SSSR count). The molecule has 0 bridgehead atoms. The Kier molecular flexibility index (Phi) is 4.00. The summed E-state index contributed by atoms with van der Waals surface area (Å²) in [7, 11) is 0. The van der Waals surface area contributed by atoms with Gasteiger partial charge in [-0.2, -0.15) is 0 Å². The van der Waals surface area contributed by atoms with Crippen molar-refractivity contribution in [1.82, 2.24) is 5.32 Å². The number of hydrogen-bond acceptors (Lipinski definition) is 1. The van der Waals surface area contributed by atoms with Crippen molar-refractivity contribution in [3.8, 4) is 0 Å². The van der Waals surface area contributed by atoms with Crippen LogP contribution in [0.2, 0.25) is 0 Å². The normalized spacial score (nSPS) is 17.3. The maximum atomic E-state index is 3.62. The second-order valence-corrected chi connectivity index (χ2v) is 5.16.